The molecule has 0 bridgehead atoms. The Morgan fingerprint density at radius 2 is 2.09 bits per heavy atom. The second-order valence-corrected chi connectivity index (χ2v) is 1.86. The largest absolute Gasteiger partial charge is 0.466 e. The summed E-state index contributed by atoms with van der Waals surface area (Å²) in [6.07, 6.45) is -1.21. The molecule has 0 aliphatic heterocycles. The van der Waals surface area contributed by atoms with E-state index in [4.69, 9.17) is 5.11 Å². The van der Waals surface area contributed by atoms with Gasteiger partial charge in [0, 0.05) is 0 Å². The lowest BCUT2D eigenvalue weighted by Crippen LogP contribution is -2.23. The Morgan fingerprint density at radius 3 is 2.45 bits per heavy atom. The Morgan fingerprint density at radius 1 is 1.55 bits per heavy atom. The van der Waals surface area contributed by atoms with Crippen molar-refractivity contribution in [1.29, 1.82) is 0 Å². The Labute approximate surface area is 63.9 Å². The van der Waals surface area contributed by atoms with E-state index >= 15 is 0 Å². The van der Waals surface area contributed by atoms with Crippen LogP contribution in [0.5, 0.6) is 0 Å². The van der Waals surface area contributed by atoms with Gasteiger partial charge in [-0.05, 0) is 6.92 Å². The van der Waals surface area contributed by atoms with Crippen LogP contribution in [0.1, 0.15) is 6.92 Å². The van der Waals surface area contributed by atoms with Crippen LogP contribution >= 0.6 is 0 Å². The average Bonchev–Trinajstić information content (AvgIpc) is 1.99. The van der Waals surface area contributed by atoms with Gasteiger partial charge in [0.05, 0.1) is 7.11 Å². The van der Waals surface area contributed by atoms with Gasteiger partial charge in [-0.2, -0.15) is 0 Å². The minimum absolute atomic E-state index is 0.458. The number of methoxy groups -OCH3 is 1. The lowest BCUT2D eigenvalue weighted by molar-refractivity contribution is -0.162. The van der Waals surface area contributed by atoms with Gasteiger partial charge in [0.2, 0.25) is 0 Å². The molecule has 0 saturated carbocycles. The second-order valence-electron chi connectivity index (χ2n) is 1.86. The second kappa shape index (κ2) is 4.68. The molecular formula is C6H10O5. The van der Waals surface area contributed by atoms with Crippen LogP contribution in [0.2, 0.25) is 0 Å². The summed E-state index contributed by atoms with van der Waals surface area (Å²) < 4.78 is 8.48. The summed E-state index contributed by atoms with van der Waals surface area (Å²) in [7, 11) is 1.18. The minimum atomic E-state index is -1.21. The maximum atomic E-state index is 10.5. The van der Waals surface area contributed by atoms with E-state index < -0.39 is 24.6 Å². The molecule has 0 radical (unpaired) electrons. The molecule has 0 aromatic carbocycles. The number of aliphatic hydroxyl groups is 1. The van der Waals surface area contributed by atoms with Crippen molar-refractivity contribution >= 4 is 11.9 Å². The molecule has 1 unspecified atom stereocenters. The number of hydrogen-bond acceptors (Lipinski definition) is 5. The first-order chi connectivity index (χ1) is 5.07. The third kappa shape index (κ3) is 4.32. The van der Waals surface area contributed by atoms with Crippen molar-refractivity contribution in [3.63, 3.8) is 0 Å². The van der Waals surface area contributed by atoms with Gasteiger partial charge in [-0.25, -0.2) is 9.59 Å². The van der Waals surface area contributed by atoms with Crippen molar-refractivity contribution in [1.82, 2.24) is 0 Å². The SMILES string of the molecule is COC(=O)COC(=O)C(C)O. The van der Waals surface area contributed by atoms with E-state index in [2.05, 4.69) is 9.47 Å². The highest BCUT2D eigenvalue weighted by Crippen LogP contribution is 1.86. The van der Waals surface area contributed by atoms with Gasteiger partial charge in [-0.1, -0.05) is 0 Å². The van der Waals surface area contributed by atoms with Crippen LogP contribution in [0, 0.1) is 0 Å². The minimum Gasteiger partial charge on any atom is -0.466 e. The number of aliphatic hydroxyl groups excluding tert-OH is 1. The van der Waals surface area contributed by atoms with E-state index in [0.29, 0.717) is 0 Å². The molecule has 5 nitrogen and oxygen atoms in total. The van der Waals surface area contributed by atoms with Gasteiger partial charge in [-0.3, -0.25) is 0 Å². The lowest BCUT2D eigenvalue weighted by atomic mass is 10.4. The molecule has 0 rings (SSSR count). The van der Waals surface area contributed by atoms with Crippen molar-refractivity contribution in [2.24, 2.45) is 0 Å². The predicted molar refractivity (Wildman–Crippen MR) is 34.7 cm³/mol. The third-order valence-electron chi connectivity index (χ3n) is 0.901. The third-order valence-corrected chi connectivity index (χ3v) is 0.901. The van der Waals surface area contributed by atoms with Crippen LogP contribution in [-0.2, 0) is 19.1 Å². The van der Waals surface area contributed by atoms with Crippen LogP contribution in [0.4, 0.5) is 0 Å². The van der Waals surface area contributed by atoms with E-state index in [1.807, 2.05) is 0 Å². The van der Waals surface area contributed by atoms with Gasteiger partial charge >= 0.3 is 11.9 Å². The normalized spacial score (nSPS) is 11.9. The van der Waals surface area contributed by atoms with E-state index in [0.717, 1.165) is 0 Å². The fourth-order valence-electron chi connectivity index (χ4n) is 0.310. The summed E-state index contributed by atoms with van der Waals surface area (Å²) in [4.78, 5) is 20.8. The van der Waals surface area contributed by atoms with Crippen molar-refractivity contribution in [3.8, 4) is 0 Å². The number of hydrogen-bond donors (Lipinski definition) is 1. The van der Waals surface area contributed by atoms with Gasteiger partial charge in [0.1, 0.15) is 6.10 Å². The molecule has 0 fully saturated rings. The van der Waals surface area contributed by atoms with E-state index in [9.17, 15) is 9.59 Å². The number of rotatable bonds is 3. The average molecular weight is 162 g/mol. The van der Waals surface area contributed by atoms with Crippen molar-refractivity contribution < 1.29 is 24.2 Å². The first kappa shape index (κ1) is 9.90. The molecule has 64 valence electrons. The van der Waals surface area contributed by atoms with Gasteiger partial charge in [0.15, 0.2) is 6.61 Å². The summed E-state index contributed by atoms with van der Waals surface area (Å²) in [6.45, 7) is 0.792. The van der Waals surface area contributed by atoms with Gasteiger partial charge < -0.3 is 14.6 Å². The number of carbonyl (C=O) groups is 2. The highest BCUT2D eigenvalue weighted by molar-refractivity contribution is 5.78. The molecule has 0 aromatic rings. The fraction of sp³-hybridized carbons (Fsp3) is 0.667. The molecule has 1 atom stereocenters. The first-order valence-corrected chi connectivity index (χ1v) is 2.99. The molecule has 0 aliphatic carbocycles. The van der Waals surface area contributed by atoms with Crippen LogP contribution in [0.3, 0.4) is 0 Å². The molecule has 11 heavy (non-hydrogen) atoms. The van der Waals surface area contributed by atoms with Crippen molar-refractivity contribution in [2.45, 2.75) is 13.0 Å². The standard InChI is InChI=1S/C6H10O5/c1-4(7)6(9)11-3-5(8)10-2/h4,7H,3H2,1-2H3. The molecule has 0 saturated heterocycles. The summed E-state index contributed by atoms with van der Waals surface area (Å²) in [5, 5.41) is 8.58. The van der Waals surface area contributed by atoms with E-state index in [1.54, 1.807) is 0 Å². The van der Waals surface area contributed by atoms with Gasteiger partial charge in [0.25, 0.3) is 0 Å². The smallest absolute Gasteiger partial charge is 0.344 e. The Bertz CT molecular complexity index is 151. The fourth-order valence-corrected chi connectivity index (χ4v) is 0.310. The van der Waals surface area contributed by atoms with E-state index in [1.165, 1.54) is 14.0 Å². The summed E-state index contributed by atoms with van der Waals surface area (Å²) in [5.41, 5.74) is 0. The maximum absolute atomic E-state index is 10.5. The predicted octanol–water partition coefficient (Wildman–Crippen LogP) is -0.917. The Hall–Kier alpha value is -1.10. The van der Waals surface area contributed by atoms with Crippen molar-refractivity contribution in [2.75, 3.05) is 13.7 Å². The quantitative estimate of drug-likeness (QED) is 0.543. The monoisotopic (exact) mass is 162 g/mol. The number of carbonyl (C=O) groups excluding carboxylic acids is 2. The Kier molecular flexibility index (Phi) is 4.21. The molecule has 1 N–H and O–H groups in total. The molecule has 0 heterocycles. The zero-order chi connectivity index (χ0) is 8.85. The molecule has 0 aliphatic rings. The van der Waals surface area contributed by atoms with Crippen LogP contribution < -0.4 is 0 Å². The maximum Gasteiger partial charge on any atom is 0.344 e. The zero-order valence-corrected chi connectivity index (χ0v) is 6.36. The zero-order valence-electron chi connectivity index (χ0n) is 6.36. The highest BCUT2D eigenvalue weighted by Gasteiger charge is 2.11. The Balaban J connectivity index is 3.54. The molecule has 5 heteroatoms. The number of ether oxygens (including phenoxy) is 2. The first-order valence-electron chi connectivity index (χ1n) is 2.99. The molecule has 0 spiro atoms. The molecular weight excluding hydrogens is 152 g/mol. The lowest BCUT2D eigenvalue weighted by Gasteiger charge is -2.03. The summed E-state index contributed by atoms with van der Waals surface area (Å²) in [5.74, 6) is -1.49. The van der Waals surface area contributed by atoms with Crippen LogP contribution in [-0.4, -0.2) is 36.9 Å². The van der Waals surface area contributed by atoms with Gasteiger partial charge in [-0.15, -0.1) is 0 Å². The molecule has 0 aromatic heterocycles. The van der Waals surface area contributed by atoms with Crippen molar-refractivity contribution in [3.05, 3.63) is 0 Å². The summed E-state index contributed by atoms with van der Waals surface area (Å²) in [6, 6.07) is 0. The highest BCUT2D eigenvalue weighted by atomic mass is 16.6. The van der Waals surface area contributed by atoms with E-state index in [-0.39, 0.29) is 0 Å². The van der Waals surface area contributed by atoms with Crippen LogP contribution in [0.15, 0.2) is 0 Å². The topological polar surface area (TPSA) is 72.8 Å². The number of esters is 2. The molecule has 0 amide bonds. The van der Waals surface area contributed by atoms with Crippen LogP contribution in [0.25, 0.3) is 0 Å². The summed E-state index contributed by atoms with van der Waals surface area (Å²) >= 11 is 0.